The van der Waals surface area contributed by atoms with E-state index in [1.54, 1.807) is 0 Å². The van der Waals surface area contributed by atoms with Crippen LogP contribution >= 0.6 is 15.9 Å². The highest BCUT2D eigenvalue weighted by atomic mass is 79.9. The van der Waals surface area contributed by atoms with Crippen molar-refractivity contribution in [3.63, 3.8) is 0 Å². The first-order chi connectivity index (χ1) is 8.34. The van der Waals surface area contributed by atoms with Crippen LogP contribution in [-0.2, 0) is 10.0 Å². The highest BCUT2D eigenvalue weighted by Gasteiger charge is 2.10. The maximum Gasteiger partial charge on any atom is 0.251 e. The van der Waals surface area contributed by atoms with Gasteiger partial charge >= 0.3 is 0 Å². The smallest absolute Gasteiger partial charge is 0.251 e. The zero-order chi connectivity index (χ0) is 13.8. The summed E-state index contributed by atoms with van der Waals surface area (Å²) >= 11 is 3.07. The molecule has 0 aliphatic rings. The van der Waals surface area contributed by atoms with Crippen LogP contribution in [0.3, 0.4) is 0 Å². The molecule has 1 rings (SSSR count). The number of sulfonamides is 1. The first-order valence-corrected chi connectivity index (χ1v) is 7.44. The van der Waals surface area contributed by atoms with Crippen LogP contribution in [0.2, 0.25) is 0 Å². The van der Waals surface area contributed by atoms with Crippen molar-refractivity contribution >= 4 is 31.9 Å². The van der Waals surface area contributed by atoms with E-state index in [1.165, 1.54) is 19.2 Å². The summed E-state index contributed by atoms with van der Waals surface area (Å²) in [5.41, 5.74) is 0.128. The second-order valence-corrected chi connectivity index (χ2v) is 6.40. The zero-order valence-electron chi connectivity index (χ0n) is 9.54. The van der Waals surface area contributed by atoms with Gasteiger partial charge in [0.1, 0.15) is 5.82 Å². The Labute approximate surface area is 113 Å². The molecule has 1 amide bonds. The molecule has 0 saturated carbocycles. The van der Waals surface area contributed by atoms with E-state index in [0.717, 1.165) is 6.07 Å². The van der Waals surface area contributed by atoms with Crippen LogP contribution in [-0.4, -0.2) is 33.7 Å². The van der Waals surface area contributed by atoms with Gasteiger partial charge in [0.15, 0.2) is 0 Å². The van der Waals surface area contributed by atoms with Crippen molar-refractivity contribution in [1.29, 1.82) is 0 Å². The maximum atomic E-state index is 13.0. The van der Waals surface area contributed by atoms with Crippen LogP contribution in [0.5, 0.6) is 0 Å². The van der Waals surface area contributed by atoms with E-state index in [1.807, 2.05) is 0 Å². The van der Waals surface area contributed by atoms with Gasteiger partial charge in [-0.15, -0.1) is 0 Å². The van der Waals surface area contributed by atoms with Crippen molar-refractivity contribution in [3.05, 3.63) is 34.1 Å². The van der Waals surface area contributed by atoms with Gasteiger partial charge in [-0.05, 0) is 25.2 Å². The van der Waals surface area contributed by atoms with Gasteiger partial charge < -0.3 is 5.32 Å². The molecule has 0 heterocycles. The largest absolute Gasteiger partial charge is 0.351 e. The fourth-order valence-electron chi connectivity index (χ4n) is 1.19. The molecule has 0 aromatic heterocycles. The molecule has 0 spiro atoms. The fourth-order valence-corrected chi connectivity index (χ4v) is 2.23. The van der Waals surface area contributed by atoms with Crippen molar-refractivity contribution in [2.45, 2.75) is 0 Å². The fraction of sp³-hybridized carbons (Fsp3) is 0.300. The van der Waals surface area contributed by atoms with Crippen LogP contribution in [0.4, 0.5) is 4.39 Å². The third kappa shape index (κ3) is 4.71. The number of benzene rings is 1. The SMILES string of the molecule is CNS(=O)(=O)CCNC(=O)c1cc(F)cc(Br)c1. The Hall–Kier alpha value is -0.990. The van der Waals surface area contributed by atoms with Crippen LogP contribution in [0.1, 0.15) is 10.4 Å². The maximum absolute atomic E-state index is 13.0. The Morgan fingerprint density at radius 2 is 2.06 bits per heavy atom. The van der Waals surface area contributed by atoms with Crippen molar-refractivity contribution in [2.75, 3.05) is 19.3 Å². The minimum atomic E-state index is -3.36. The predicted octanol–water partition coefficient (Wildman–Crippen LogP) is 0.867. The number of carbonyl (C=O) groups excluding carboxylic acids is 1. The Morgan fingerprint density at radius 3 is 2.61 bits per heavy atom. The molecule has 0 saturated heterocycles. The monoisotopic (exact) mass is 338 g/mol. The van der Waals surface area contributed by atoms with E-state index in [4.69, 9.17) is 0 Å². The van der Waals surface area contributed by atoms with Gasteiger partial charge in [0.2, 0.25) is 10.0 Å². The lowest BCUT2D eigenvalue weighted by atomic mass is 10.2. The Kier molecular flexibility index (Phi) is 5.24. The highest BCUT2D eigenvalue weighted by Crippen LogP contribution is 2.14. The first-order valence-electron chi connectivity index (χ1n) is 4.99. The molecule has 0 radical (unpaired) electrons. The van der Waals surface area contributed by atoms with Gasteiger partial charge in [-0.2, -0.15) is 0 Å². The Morgan fingerprint density at radius 1 is 1.39 bits per heavy atom. The highest BCUT2D eigenvalue weighted by molar-refractivity contribution is 9.10. The van der Waals surface area contributed by atoms with E-state index in [0.29, 0.717) is 4.47 Å². The molecule has 1 aromatic rings. The average molecular weight is 339 g/mol. The molecular weight excluding hydrogens is 327 g/mol. The van der Waals surface area contributed by atoms with Gasteiger partial charge in [0.05, 0.1) is 5.75 Å². The average Bonchev–Trinajstić information content (AvgIpc) is 2.27. The zero-order valence-corrected chi connectivity index (χ0v) is 11.9. The van der Waals surface area contributed by atoms with Crippen molar-refractivity contribution in [2.24, 2.45) is 0 Å². The van der Waals surface area contributed by atoms with Crippen molar-refractivity contribution in [1.82, 2.24) is 10.0 Å². The molecule has 0 bridgehead atoms. The summed E-state index contributed by atoms with van der Waals surface area (Å²) < 4.78 is 37.8. The van der Waals surface area contributed by atoms with Crippen LogP contribution < -0.4 is 10.0 Å². The lowest BCUT2D eigenvalue weighted by Gasteiger charge is -2.06. The standard InChI is InChI=1S/C10H12BrFN2O3S/c1-13-18(16,17)3-2-14-10(15)7-4-8(11)6-9(12)5-7/h4-6,13H,2-3H2,1H3,(H,14,15). The molecular formula is C10H12BrFN2O3S. The molecule has 1 aromatic carbocycles. The summed E-state index contributed by atoms with van der Waals surface area (Å²) in [5, 5.41) is 2.40. The number of nitrogens with one attached hydrogen (secondary N) is 2. The van der Waals surface area contributed by atoms with E-state index in [-0.39, 0.29) is 17.9 Å². The summed E-state index contributed by atoms with van der Waals surface area (Å²) in [4.78, 5) is 11.6. The number of amides is 1. The van der Waals surface area contributed by atoms with E-state index in [9.17, 15) is 17.6 Å². The number of carbonyl (C=O) groups is 1. The Bertz CT molecular complexity index is 528. The molecule has 8 heteroatoms. The van der Waals surface area contributed by atoms with E-state index >= 15 is 0 Å². The summed E-state index contributed by atoms with van der Waals surface area (Å²) in [6.07, 6.45) is 0. The second kappa shape index (κ2) is 6.26. The normalized spacial score (nSPS) is 11.3. The van der Waals surface area contributed by atoms with Crippen LogP contribution in [0, 0.1) is 5.82 Å². The predicted molar refractivity (Wildman–Crippen MR) is 69.3 cm³/mol. The Balaban J connectivity index is 2.61. The molecule has 0 atom stereocenters. The third-order valence-corrected chi connectivity index (χ3v) is 3.91. The topological polar surface area (TPSA) is 75.3 Å². The summed E-state index contributed by atoms with van der Waals surface area (Å²) in [6, 6.07) is 3.75. The summed E-state index contributed by atoms with van der Waals surface area (Å²) in [7, 11) is -2.07. The van der Waals surface area contributed by atoms with Gasteiger partial charge in [0, 0.05) is 16.6 Å². The lowest BCUT2D eigenvalue weighted by molar-refractivity contribution is 0.0955. The molecule has 18 heavy (non-hydrogen) atoms. The van der Waals surface area contributed by atoms with E-state index < -0.39 is 21.7 Å². The number of hydrogen-bond donors (Lipinski definition) is 2. The summed E-state index contributed by atoms with van der Waals surface area (Å²) in [5.74, 6) is -1.30. The van der Waals surface area contributed by atoms with Crippen molar-refractivity contribution in [3.8, 4) is 0 Å². The van der Waals surface area contributed by atoms with Gasteiger partial charge in [-0.1, -0.05) is 15.9 Å². The van der Waals surface area contributed by atoms with E-state index in [2.05, 4.69) is 26.0 Å². The molecule has 0 unspecified atom stereocenters. The van der Waals surface area contributed by atoms with Gasteiger partial charge in [0.25, 0.3) is 5.91 Å². The molecule has 5 nitrogen and oxygen atoms in total. The number of hydrogen-bond acceptors (Lipinski definition) is 3. The quantitative estimate of drug-likeness (QED) is 0.836. The molecule has 0 aliphatic carbocycles. The van der Waals surface area contributed by atoms with Crippen LogP contribution in [0.25, 0.3) is 0 Å². The second-order valence-electron chi connectivity index (χ2n) is 3.44. The lowest BCUT2D eigenvalue weighted by Crippen LogP contribution is -2.33. The van der Waals surface area contributed by atoms with Crippen LogP contribution in [0.15, 0.2) is 22.7 Å². The minimum absolute atomic E-state index is 0.0455. The van der Waals surface area contributed by atoms with Crippen molar-refractivity contribution < 1.29 is 17.6 Å². The third-order valence-electron chi connectivity index (χ3n) is 2.09. The molecule has 0 aliphatic heterocycles. The first kappa shape index (κ1) is 15.1. The summed E-state index contributed by atoms with van der Waals surface area (Å²) in [6.45, 7) is -0.0455. The number of rotatable bonds is 5. The molecule has 100 valence electrons. The molecule has 0 fully saturated rings. The molecule has 2 N–H and O–H groups in total. The minimum Gasteiger partial charge on any atom is -0.351 e. The van der Waals surface area contributed by atoms with Gasteiger partial charge in [-0.3, -0.25) is 4.79 Å². The number of halogens is 2. The van der Waals surface area contributed by atoms with Gasteiger partial charge in [-0.25, -0.2) is 17.5 Å².